The maximum absolute atomic E-state index is 12.1. The van der Waals surface area contributed by atoms with Crippen molar-refractivity contribution in [2.45, 2.75) is 26.8 Å². The van der Waals surface area contributed by atoms with Crippen LogP contribution in [0.3, 0.4) is 0 Å². The smallest absolute Gasteiger partial charge is 0.262 e. The zero-order valence-electron chi connectivity index (χ0n) is 13.4. The van der Waals surface area contributed by atoms with Crippen LogP contribution in [0.5, 0.6) is 0 Å². The first-order chi connectivity index (χ1) is 11.0. The number of rotatable bonds is 5. The molecule has 2 aromatic carbocycles. The molecule has 23 heavy (non-hydrogen) atoms. The maximum atomic E-state index is 12.1. The fourth-order valence-corrected chi connectivity index (χ4v) is 2.65. The van der Waals surface area contributed by atoms with E-state index >= 15 is 0 Å². The Morgan fingerprint density at radius 1 is 1.17 bits per heavy atom. The lowest BCUT2D eigenvalue weighted by molar-refractivity contribution is -0.121. The van der Waals surface area contributed by atoms with Crippen LogP contribution in [0, 0.1) is 17.4 Å². The number of amides is 1. The average Bonchev–Trinajstić information content (AvgIpc) is 2.51. The molecule has 1 amide bonds. The lowest BCUT2D eigenvalue weighted by atomic mass is 10.2. The van der Waals surface area contributed by atoms with Gasteiger partial charge >= 0.3 is 0 Å². The fraction of sp³-hybridized carbons (Fsp3) is 0.222. The summed E-state index contributed by atoms with van der Waals surface area (Å²) in [6.45, 7) is 5.86. The summed E-state index contributed by atoms with van der Waals surface area (Å²) in [4.78, 5) is 12.1. The van der Waals surface area contributed by atoms with E-state index in [-0.39, 0.29) is 11.9 Å². The average molecular weight is 421 g/mol. The molecular weight excluding hydrogens is 401 g/mol. The van der Waals surface area contributed by atoms with Gasteiger partial charge in [-0.2, -0.15) is 5.10 Å². The van der Waals surface area contributed by atoms with E-state index in [9.17, 15) is 4.79 Å². The van der Waals surface area contributed by atoms with E-state index in [2.05, 4.69) is 44.5 Å². The predicted octanol–water partition coefficient (Wildman–Crippen LogP) is 3.86. The standard InChI is InChI=1S/C18H20IN3O/c1-12-4-6-15(7-5-12)11-20-22-18(23)14(3)21-17-9-8-16(19)10-13(17)2/h4-11,14,21H,1-3H3,(H,22,23)/b20-11+. The van der Waals surface area contributed by atoms with Gasteiger partial charge in [0.05, 0.1) is 6.21 Å². The number of aryl methyl sites for hydroxylation is 2. The Morgan fingerprint density at radius 3 is 2.52 bits per heavy atom. The molecule has 0 bridgehead atoms. The number of anilines is 1. The highest BCUT2D eigenvalue weighted by Crippen LogP contribution is 2.18. The van der Waals surface area contributed by atoms with E-state index in [1.807, 2.05) is 57.2 Å². The second kappa shape index (κ2) is 8.10. The fourth-order valence-electron chi connectivity index (χ4n) is 2.01. The third kappa shape index (κ3) is 5.35. The number of nitrogens with one attached hydrogen (secondary N) is 2. The van der Waals surface area contributed by atoms with Crippen LogP contribution >= 0.6 is 22.6 Å². The van der Waals surface area contributed by atoms with Crippen molar-refractivity contribution in [3.8, 4) is 0 Å². The lowest BCUT2D eigenvalue weighted by Crippen LogP contribution is -2.35. The quantitative estimate of drug-likeness (QED) is 0.438. The van der Waals surface area contributed by atoms with E-state index in [1.54, 1.807) is 6.21 Å². The largest absolute Gasteiger partial charge is 0.374 e. The van der Waals surface area contributed by atoms with E-state index < -0.39 is 0 Å². The van der Waals surface area contributed by atoms with Crippen LogP contribution in [0.25, 0.3) is 0 Å². The Hall–Kier alpha value is -1.89. The number of carbonyl (C=O) groups excluding carboxylic acids is 1. The Balaban J connectivity index is 1.90. The molecule has 120 valence electrons. The van der Waals surface area contributed by atoms with Crippen molar-refractivity contribution >= 4 is 40.4 Å². The van der Waals surface area contributed by atoms with E-state index in [1.165, 1.54) is 9.13 Å². The minimum absolute atomic E-state index is 0.175. The van der Waals surface area contributed by atoms with E-state index in [0.29, 0.717) is 0 Å². The molecule has 0 fully saturated rings. The molecule has 0 aliphatic carbocycles. The van der Waals surface area contributed by atoms with Gasteiger partial charge in [-0.1, -0.05) is 29.8 Å². The second-order valence-electron chi connectivity index (χ2n) is 5.47. The monoisotopic (exact) mass is 421 g/mol. The molecule has 5 heteroatoms. The number of hydrogen-bond acceptors (Lipinski definition) is 3. The normalized spacial score (nSPS) is 12.2. The van der Waals surface area contributed by atoms with Gasteiger partial charge in [0.1, 0.15) is 6.04 Å². The van der Waals surface area contributed by atoms with Crippen LogP contribution < -0.4 is 10.7 Å². The highest BCUT2D eigenvalue weighted by Gasteiger charge is 2.12. The summed E-state index contributed by atoms with van der Waals surface area (Å²) in [6, 6.07) is 13.6. The summed E-state index contributed by atoms with van der Waals surface area (Å²) in [5.41, 5.74) is 6.77. The summed E-state index contributed by atoms with van der Waals surface area (Å²) in [5.74, 6) is -0.175. The van der Waals surface area contributed by atoms with Crippen LogP contribution in [0.15, 0.2) is 47.6 Å². The van der Waals surface area contributed by atoms with Crippen molar-refractivity contribution < 1.29 is 4.79 Å². The molecule has 0 saturated heterocycles. The molecule has 0 aliphatic rings. The van der Waals surface area contributed by atoms with Crippen LogP contribution in [0.2, 0.25) is 0 Å². The highest BCUT2D eigenvalue weighted by atomic mass is 127. The van der Waals surface area contributed by atoms with Crippen molar-refractivity contribution in [3.63, 3.8) is 0 Å². The number of hydrogen-bond donors (Lipinski definition) is 2. The Bertz CT molecular complexity index is 711. The van der Waals surface area contributed by atoms with Gasteiger partial charge < -0.3 is 5.32 Å². The molecule has 4 nitrogen and oxygen atoms in total. The first kappa shape index (κ1) is 17.5. The van der Waals surface area contributed by atoms with Crippen LogP contribution in [-0.2, 0) is 4.79 Å². The van der Waals surface area contributed by atoms with E-state index in [4.69, 9.17) is 0 Å². The summed E-state index contributed by atoms with van der Waals surface area (Å²) in [6.07, 6.45) is 1.64. The summed E-state index contributed by atoms with van der Waals surface area (Å²) in [5, 5.41) is 7.21. The predicted molar refractivity (Wildman–Crippen MR) is 104 cm³/mol. The van der Waals surface area contributed by atoms with Gasteiger partial charge in [-0.25, -0.2) is 5.43 Å². The molecule has 1 atom stereocenters. The molecule has 0 radical (unpaired) electrons. The Kier molecular flexibility index (Phi) is 6.15. The molecule has 1 unspecified atom stereocenters. The van der Waals surface area contributed by atoms with Gasteiger partial charge in [0, 0.05) is 9.26 Å². The number of halogens is 1. The van der Waals surface area contributed by atoms with Gasteiger partial charge in [-0.15, -0.1) is 0 Å². The number of carbonyl (C=O) groups is 1. The molecule has 2 N–H and O–H groups in total. The SMILES string of the molecule is Cc1ccc(/C=N/NC(=O)C(C)Nc2ccc(I)cc2C)cc1. The summed E-state index contributed by atoms with van der Waals surface area (Å²) >= 11 is 2.27. The minimum atomic E-state index is -0.371. The van der Waals surface area contributed by atoms with Crippen LogP contribution in [0.4, 0.5) is 5.69 Å². The molecule has 2 rings (SSSR count). The van der Waals surface area contributed by atoms with Crippen LogP contribution in [0.1, 0.15) is 23.6 Å². The van der Waals surface area contributed by atoms with Gasteiger partial charge in [0.25, 0.3) is 5.91 Å². The van der Waals surface area contributed by atoms with E-state index in [0.717, 1.165) is 16.8 Å². The molecular formula is C18H20IN3O. The molecule has 0 aliphatic heterocycles. The summed E-state index contributed by atoms with van der Waals surface area (Å²) < 4.78 is 1.17. The van der Waals surface area contributed by atoms with Crippen molar-refractivity contribution in [3.05, 3.63) is 62.7 Å². The topological polar surface area (TPSA) is 53.5 Å². The Labute approximate surface area is 150 Å². The van der Waals surface area contributed by atoms with Crippen molar-refractivity contribution in [2.75, 3.05) is 5.32 Å². The van der Waals surface area contributed by atoms with Crippen molar-refractivity contribution in [1.82, 2.24) is 5.43 Å². The molecule has 2 aromatic rings. The highest BCUT2D eigenvalue weighted by molar-refractivity contribution is 14.1. The first-order valence-corrected chi connectivity index (χ1v) is 8.46. The zero-order valence-corrected chi connectivity index (χ0v) is 15.6. The maximum Gasteiger partial charge on any atom is 0.262 e. The van der Waals surface area contributed by atoms with Crippen molar-refractivity contribution in [2.24, 2.45) is 5.10 Å². The third-order valence-electron chi connectivity index (χ3n) is 3.42. The third-order valence-corrected chi connectivity index (χ3v) is 4.09. The van der Waals surface area contributed by atoms with Gasteiger partial charge in [0.2, 0.25) is 0 Å². The van der Waals surface area contributed by atoms with Crippen LogP contribution in [-0.4, -0.2) is 18.2 Å². The van der Waals surface area contributed by atoms with Gasteiger partial charge in [-0.3, -0.25) is 4.79 Å². The Morgan fingerprint density at radius 2 is 1.87 bits per heavy atom. The zero-order chi connectivity index (χ0) is 16.8. The van der Waals surface area contributed by atoms with Gasteiger partial charge in [-0.05, 0) is 72.7 Å². The summed E-state index contributed by atoms with van der Waals surface area (Å²) in [7, 11) is 0. The molecule has 0 aromatic heterocycles. The number of hydrazone groups is 1. The van der Waals surface area contributed by atoms with Gasteiger partial charge in [0.15, 0.2) is 0 Å². The molecule has 0 heterocycles. The lowest BCUT2D eigenvalue weighted by Gasteiger charge is -2.15. The number of benzene rings is 2. The second-order valence-corrected chi connectivity index (χ2v) is 6.72. The minimum Gasteiger partial charge on any atom is -0.374 e. The molecule has 0 spiro atoms. The molecule has 0 saturated carbocycles. The van der Waals surface area contributed by atoms with Crippen molar-refractivity contribution in [1.29, 1.82) is 0 Å². The first-order valence-electron chi connectivity index (χ1n) is 7.38. The number of nitrogens with zero attached hydrogens (tertiary/aromatic N) is 1.